The van der Waals surface area contributed by atoms with Crippen LogP contribution in [0.3, 0.4) is 0 Å². The van der Waals surface area contributed by atoms with Gasteiger partial charge in [0.05, 0.1) is 8.81 Å². The summed E-state index contributed by atoms with van der Waals surface area (Å²) in [6, 6.07) is 1.36. The van der Waals surface area contributed by atoms with E-state index in [1.807, 2.05) is 19.0 Å². The first-order chi connectivity index (χ1) is 9.11. The maximum Gasteiger partial charge on any atom is 0.250 e. The minimum atomic E-state index is -3.52. The molecule has 0 radical (unpaired) electrons. The van der Waals surface area contributed by atoms with Crippen LogP contribution in [0.2, 0.25) is 5.02 Å². The van der Waals surface area contributed by atoms with Gasteiger partial charge in [-0.1, -0.05) is 25.4 Å². The zero-order valence-electron chi connectivity index (χ0n) is 12.0. The van der Waals surface area contributed by atoms with E-state index in [4.69, 9.17) is 11.6 Å². The van der Waals surface area contributed by atoms with Crippen molar-refractivity contribution in [1.82, 2.24) is 9.62 Å². The minimum absolute atomic E-state index is 0.116. The first kappa shape index (κ1) is 18.4. The van der Waals surface area contributed by atoms with Crippen LogP contribution < -0.4 is 4.72 Å². The van der Waals surface area contributed by atoms with Crippen LogP contribution in [0.25, 0.3) is 0 Å². The normalized spacial score (nSPS) is 14.2. The van der Waals surface area contributed by atoms with Crippen LogP contribution in [0.4, 0.5) is 0 Å². The first-order valence-electron chi connectivity index (χ1n) is 6.23. The summed E-state index contributed by atoms with van der Waals surface area (Å²) in [5, 5.41) is 0.420. The molecule has 0 saturated heterocycles. The Morgan fingerprint density at radius 2 is 2.05 bits per heavy atom. The molecule has 0 fully saturated rings. The van der Waals surface area contributed by atoms with Gasteiger partial charge in [0.1, 0.15) is 4.21 Å². The molecule has 1 aromatic heterocycles. The van der Waals surface area contributed by atoms with Crippen molar-refractivity contribution in [3.63, 3.8) is 0 Å². The fraction of sp³-hybridized carbons (Fsp3) is 0.667. The molecule has 116 valence electrons. The van der Waals surface area contributed by atoms with Gasteiger partial charge in [-0.3, -0.25) is 0 Å². The summed E-state index contributed by atoms with van der Waals surface area (Å²) in [7, 11) is 0.337. The monoisotopic (exact) mass is 402 g/mol. The number of nitrogens with one attached hydrogen (secondary N) is 1. The summed E-state index contributed by atoms with van der Waals surface area (Å²) in [5.74, 6) is 0.418. The lowest BCUT2D eigenvalue weighted by Crippen LogP contribution is -2.42. The molecule has 20 heavy (non-hydrogen) atoms. The van der Waals surface area contributed by atoms with E-state index in [1.54, 1.807) is 0 Å². The molecule has 1 unspecified atom stereocenters. The van der Waals surface area contributed by atoms with Gasteiger partial charge in [-0.05, 0) is 48.4 Å². The molecule has 0 aromatic carbocycles. The summed E-state index contributed by atoms with van der Waals surface area (Å²) in [5.41, 5.74) is 0. The molecule has 1 atom stereocenters. The number of nitrogens with zero attached hydrogens (tertiary/aromatic N) is 1. The predicted octanol–water partition coefficient (Wildman–Crippen LogP) is 3.42. The lowest BCUT2D eigenvalue weighted by Gasteiger charge is -2.23. The average molecular weight is 404 g/mol. The molecule has 0 spiro atoms. The zero-order chi connectivity index (χ0) is 15.5. The van der Waals surface area contributed by atoms with E-state index >= 15 is 0 Å². The number of sulfonamides is 1. The van der Waals surface area contributed by atoms with Gasteiger partial charge < -0.3 is 4.90 Å². The maximum absolute atomic E-state index is 12.4. The molecule has 0 aliphatic carbocycles. The van der Waals surface area contributed by atoms with Crippen LogP contribution in [0.1, 0.15) is 20.3 Å². The van der Waals surface area contributed by atoms with Gasteiger partial charge in [0.2, 0.25) is 10.0 Å². The molecule has 0 aliphatic rings. The molecule has 1 rings (SSSR count). The Labute approximate surface area is 138 Å². The summed E-state index contributed by atoms with van der Waals surface area (Å²) < 4.78 is 28.4. The van der Waals surface area contributed by atoms with Crippen molar-refractivity contribution in [2.45, 2.75) is 30.5 Å². The molecular weight excluding hydrogens is 384 g/mol. The number of likely N-dealkylation sites (N-methyl/N-ethyl adjacent to an activating group) is 1. The quantitative estimate of drug-likeness (QED) is 0.759. The SMILES string of the molecule is CC(C)CC(CN(C)C)NS(=O)(=O)c1cc(Cl)c(Br)s1. The molecule has 0 amide bonds. The van der Waals surface area contributed by atoms with E-state index in [1.165, 1.54) is 6.07 Å². The molecule has 0 saturated carbocycles. The van der Waals surface area contributed by atoms with Crippen molar-refractivity contribution in [3.05, 3.63) is 14.9 Å². The van der Waals surface area contributed by atoms with E-state index in [0.29, 0.717) is 21.3 Å². The molecule has 1 aromatic rings. The summed E-state index contributed by atoms with van der Waals surface area (Å²) >= 11 is 10.3. The van der Waals surface area contributed by atoms with Gasteiger partial charge in [-0.2, -0.15) is 0 Å². The van der Waals surface area contributed by atoms with E-state index in [9.17, 15) is 8.42 Å². The Kier molecular flexibility index (Phi) is 6.95. The highest BCUT2D eigenvalue weighted by Crippen LogP contribution is 2.34. The van der Waals surface area contributed by atoms with Crippen molar-refractivity contribution in [2.75, 3.05) is 20.6 Å². The first-order valence-corrected chi connectivity index (χ1v) is 9.70. The second-order valence-electron chi connectivity index (χ2n) is 5.40. The second kappa shape index (κ2) is 7.56. The van der Waals surface area contributed by atoms with Crippen LogP contribution >= 0.6 is 38.9 Å². The molecule has 8 heteroatoms. The van der Waals surface area contributed by atoms with Crippen LogP contribution in [-0.4, -0.2) is 40.0 Å². The zero-order valence-corrected chi connectivity index (χ0v) is 16.0. The topological polar surface area (TPSA) is 49.4 Å². The fourth-order valence-corrected chi connectivity index (χ4v) is 5.56. The summed E-state index contributed by atoms with van der Waals surface area (Å²) in [6.07, 6.45) is 0.789. The highest BCUT2D eigenvalue weighted by Gasteiger charge is 2.24. The maximum atomic E-state index is 12.4. The number of rotatable bonds is 7. The third-order valence-electron chi connectivity index (χ3n) is 2.55. The Hall–Kier alpha value is 0.340. The van der Waals surface area contributed by atoms with Crippen molar-refractivity contribution in [1.29, 1.82) is 0 Å². The van der Waals surface area contributed by atoms with Gasteiger partial charge in [0.15, 0.2) is 0 Å². The third kappa shape index (κ3) is 5.61. The Morgan fingerprint density at radius 1 is 1.45 bits per heavy atom. The molecular formula is C12H20BrClN2O2S2. The van der Waals surface area contributed by atoms with E-state index in [2.05, 4.69) is 34.5 Å². The van der Waals surface area contributed by atoms with Crippen molar-refractivity contribution in [3.8, 4) is 0 Å². The van der Waals surface area contributed by atoms with Crippen LogP contribution in [0.15, 0.2) is 14.1 Å². The Bertz CT molecular complexity index is 514. The Morgan fingerprint density at radius 3 is 2.45 bits per heavy atom. The number of thiophene rings is 1. The highest BCUT2D eigenvalue weighted by atomic mass is 79.9. The fourth-order valence-electron chi connectivity index (χ4n) is 1.91. The molecule has 0 aliphatic heterocycles. The average Bonchev–Trinajstić information content (AvgIpc) is 2.57. The van der Waals surface area contributed by atoms with Crippen molar-refractivity contribution < 1.29 is 8.42 Å². The predicted molar refractivity (Wildman–Crippen MR) is 89.1 cm³/mol. The van der Waals surface area contributed by atoms with Gasteiger partial charge in [-0.15, -0.1) is 11.3 Å². The Balaban J connectivity index is 2.90. The van der Waals surface area contributed by atoms with Crippen molar-refractivity contribution >= 4 is 48.9 Å². The number of hydrogen-bond donors (Lipinski definition) is 1. The van der Waals surface area contributed by atoms with Crippen LogP contribution in [0.5, 0.6) is 0 Å². The lowest BCUT2D eigenvalue weighted by atomic mass is 10.0. The number of hydrogen-bond acceptors (Lipinski definition) is 4. The highest BCUT2D eigenvalue weighted by molar-refractivity contribution is 9.11. The van der Waals surface area contributed by atoms with E-state index < -0.39 is 10.0 Å². The molecule has 0 bridgehead atoms. The standard InChI is InChI=1S/C12H20BrClN2O2S2/c1-8(2)5-9(7-16(3)4)15-20(17,18)11-6-10(14)12(13)19-11/h6,8-9,15H,5,7H2,1-4H3. The van der Waals surface area contributed by atoms with Crippen LogP contribution in [0, 0.1) is 5.92 Å². The summed E-state index contributed by atoms with van der Waals surface area (Å²) in [6.45, 7) is 4.82. The molecule has 1 heterocycles. The van der Waals surface area contributed by atoms with Crippen molar-refractivity contribution in [2.24, 2.45) is 5.92 Å². The van der Waals surface area contributed by atoms with Gasteiger partial charge in [-0.25, -0.2) is 13.1 Å². The largest absolute Gasteiger partial charge is 0.308 e. The smallest absolute Gasteiger partial charge is 0.250 e. The lowest BCUT2D eigenvalue weighted by molar-refractivity contribution is 0.329. The van der Waals surface area contributed by atoms with Gasteiger partial charge in [0, 0.05) is 12.6 Å². The third-order valence-corrected chi connectivity index (χ3v) is 7.02. The van der Waals surface area contributed by atoms with E-state index in [0.717, 1.165) is 17.8 Å². The molecule has 1 N–H and O–H groups in total. The molecule has 4 nitrogen and oxygen atoms in total. The second-order valence-corrected chi connectivity index (χ2v) is 10.1. The van der Waals surface area contributed by atoms with Crippen LogP contribution in [-0.2, 0) is 10.0 Å². The summed E-state index contributed by atoms with van der Waals surface area (Å²) in [4.78, 5) is 1.98. The number of halogens is 2. The van der Waals surface area contributed by atoms with E-state index in [-0.39, 0.29) is 10.3 Å². The minimum Gasteiger partial charge on any atom is -0.308 e. The van der Waals surface area contributed by atoms with Gasteiger partial charge in [0.25, 0.3) is 0 Å². The van der Waals surface area contributed by atoms with Gasteiger partial charge >= 0.3 is 0 Å².